The van der Waals surface area contributed by atoms with Gasteiger partial charge in [0, 0.05) is 30.5 Å². The van der Waals surface area contributed by atoms with E-state index in [4.69, 9.17) is 0 Å². The van der Waals surface area contributed by atoms with Crippen LogP contribution in [0.5, 0.6) is 0 Å². The fourth-order valence-corrected chi connectivity index (χ4v) is 6.77. The van der Waals surface area contributed by atoms with Crippen molar-refractivity contribution in [2.75, 3.05) is 10.8 Å². The Kier molecular flexibility index (Phi) is 9.54. The summed E-state index contributed by atoms with van der Waals surface area (Å²) in [5.74, 6) is -0.0461. The fourth-order valence-electron chi connectivity index (χ4n) is 5.10. The standard InChI is InChI=1S/C28H39N3O6S/c1-5-28(16-8-9-17-28)27(33)29-21(4)26(32)18-22-10-6-7-11-25(22)30(19-20(2)3)38(36,37)24-14-12-23(13-15-24)31(34)35/h6-7,10-15,20-21,26,32H,5,8-9,16-19H2,1-4H3,(H,29,33)/t21-,26+/m0/s1. The highest BCUT2D eigenvalue weighted by Crippen LogP contribution is 2.41. The lowest BCUT2D eigenvalue weighted by Gasteiger charge is -2.31. The largest absolute Gasteiger partial charge is 0.391 e. The molecular formula is C28H39N3O6S. The molecule has 0 spiro atoms. The number of anilines is 1. The van der Waals surface area contributed by atoms with Gasteiger partial charge in [-0.05, 0) is 55.9 Å². The number of aliphatic hydroxyl groups is 1. The van der Waals surface area contributed by atoms with Crippen molar-refractivity contribution in [3.63, 3.8) is 0 Å². The Morgan fingerprint density at radius 2 is 1.71 bits per heavy atom. The van der Waals surface area contributed by atoms with E-state index in [1.165, 1.54) is 28.6 Å². The van der Waals surface area contributed by atoms with Crippen LogP contribution in [0, 0.1) is 21.4 Å². The van der Waals surface area contributed by atoms with Gasteiger partial charge in [0.05, 0.1) is 27.7 Å². The van der Waals surface area contributed by atoms with Gasteiger partial charge in [-0.2, -0.15) is 0 Å². The molecule has 2 atom stereocenters. The average Bonchev–Trinajstić information content (AvgIpc) is 3.38. The quantitative estimate of drug-likeness (QED) is 0.290. The number of carbonyl (C=O) groups excluding carboxylic acids is 1. The van der Waals surface area contributed by atoms with Crippen molar-refractivity contribution in [3.8, 4) is 0 Å². The topological polar surface area (TPSA) is 130 Å². The van der Waals surface area contributed by atoms with E-state index in [-0.39, 0.29) is 40.8 Å². The third-order valence-electron chi connectivity index (χ3n) is 7.51. The number of hydrogen-bond acceptors (Lipinski definition) is 6. The molecule has 1 aliphatic carbocycles. The van der Waals surface area contributed by atoms with Crippen molar-refractivity contribution in [2.45, 2.75) is 83.3 Å². The number of nitro benzene ring substituents is 1. The summed E-state index contributed by atoms with van der Waals surface area (Å²) in [5.41, 5.74) is 0.483. The minimum absolute atomic E-state index is 0.0179. The summed E-state index contributed by atoms with van der Waals surface area (Å²) in [6, 6.07) is 11.3. The third kappa shape index (κ3) is 6.53. The normalized spacial score (nSPS) is 16.7. The predicted octanol–water partition coefficient (Wildman–Crippen LogP) is 4.82. The SMILES string of the molecule is CCC1(C(=O)N[C@@H](C)[C@H](O)Cc2ccccc2N(CC(C)C)S(=O)(=O)c2ccc([N+](=O)[O-])cc2)CCCC1. The maximum absolute atomic E-state index is 13.7. The first-order chi connectivity index (χ1) is 17.9. The number of para-hydroxylation sites is 1. The predicted molar refractivity (Wildman–Crippen MR) is 147 cm³/mol. The minimum Gasteiger partial charge on any atom is -0.391 e. The zero-order valence-electron chi connectivity index (χ0n) is 22.6. The van der Waals surface area contributed by atoms with Crippen LogP contribution in [0.4, 0.5) is 11.4 Å². The van der Waals surface area contributed by atoms with E-state index in [0.717, 1.165) is 32.1 Å². The number of nitrogens with zero attached hydrogens (tertiary/aromatic N) is 2. The Balaban J connectivity index is 1.87. The highest BCUT2D eigenvalue weighted by Gasteiger charge is 2.40. The second-order valence-electron chi connectivity index (χ2n) is 10.7. The fraction of sp³-hybridized carbons (Fsp3) is 0.536. The van der Waals surface area contributed by atoms with Crippen LogP contribution in [0.25, 0.3) is 0 Å². The molecular weight excluding hydrogens is 506 g/mol. The van der Waals surface area contributed by atoms with Gasteiger partial charge in [-0.1, -0.05) is 51.8 Å². The van der Waals surface area contributed by atoms with E-state index in [1.807, 2.05) is 20.8 Å². The number of hydrogen-bond donors (Lipinski definition) is 2. The van der Waals surface area contributed by atoms with Crippen molar-refractivity contribution in [1.29, 1.82) is 0 Å². The molecule has 0 radical (unpaired) electrons. The van der Waals surface area contributed by atoms with Gasteiger partial charge in [0.15, 0.2) is 0 Å². The number of sulfonamides is 1. The average molecular weight is 546 g/mol. The monoisotopic (exact) mass is 545 g/mol. The summed E-state index contributed by atoms with van der Waals surface area (Å²) < 4.78 is 28.7. The minimum atomic E-state index is -4.05. The van der Waals surface area contributed by atoms with Crippen LogP contribution in [-0.2, 0) is 21.2 Å². The van der Waals surface area contributed by atoms with Crippen LogP contribution in [0.15, 0.2) is 53.4 Å². The molecule has 1 amide bonds. The Bertz CT molecular complexity index is 1220. The first kappa shape index (κ1) is 29.6. The molecule has 0 unspecified atom stereocenters. The number of aliphatic hydroxyl groups excluding tert-OH is 1. The molecule has 10 heteroatoms. The van der Waals surface area contributed by atoms with Crippen molar-refractivity contribution < 1.29 is 23.2 Å². The van der Waals surface area contributed by atoms with Gasteiger partial charge >= 0.3 is 0 Å². The van der Waals surface area contributed by atoms with Crippen molar-refractivity contribution in [1.82, 2.24) is 5.32 Å². The first-order valence-electron chi connectivity index (χ1n) is 13.3. The number of amides is 1. The molecule has 0 saturated heterocycles. The molecule has 38 heavy (non-hydrogen) atoms. The molecule has 2 aromatic carbocycles. The van der Waals surface area contributed by atoms with E-state index < -0.39 is 27.1 Å². The van der Waals surface area contributed by atoms with Gasteiger partial charge in [-0.15, -0.1) is 0 Å². The molecule has 3 rings (SSSR count). The summed E-state index contributed by atoms with van der Waals surface area (Å²) in [4.78, 5) is 23.5. The molecule has 2 N–H and O–H groups in total. The van der Waals surface area contributed by atoms with Gasteiger partial charge in [0.1, 0.15) is 0 Å². The molecule has 0 heterocycles. The highest BCUT2D eigenvalue weighted by atomic mass is 32.2. The first-order valence-corrected chi connectivity index (χ1v) is 14.7. The summed E-state index contributed by atoms with van der Waals surface area (Å²) in [7, 11) is -4.05. The third-order valence-corrected chi connectivity index (χ3v) is 9.30. The van der Waals surface area contributed by atoms with Crippen molar-refractivity contribution >= 4 is 27.3 Å². The van der Waals surface area contributed by atoms with E-state index in [2.05, 4.69) is 5.32 Å². The van der Waals surface area contributed by atoms with Gasteiger partial charge in [-0.25, -0.2) is 8.42 Å². The number of benzene rings is 2. The molecule has 0 aliphatic heterocycles. The maximum atomic E-state index is 13.7. The molecule has 0 aromatic heterocycles. The van der Waals surface area contributed by atoms with Crippen molar-refractivity contribution in [3.05, 3.63) is 64.2 Å². The number of nitrogens with one attached hydrogen (secondary N) is 1. The van der Waals surface area contributed by atoms with Crippen LogP contribution in [0.3, 0.4) is 0 Å². The van der Waals surface area contributed by atoms with Gasteiger partial charge < -0.3 is 10.4 Å². The van der Waals surface area contributed by atoms with E-state index in [9.17, 15) is 28.4 Å². The second-order valence-corrected chi connectivity index (χ2v) is 12.5. The van der Waals surface area contributed by atoms with Gasteiger partial charge in [-0.3, -0.25) is 19.2 Å². The Labute approximate surface area is 225 Å². The van der Waals surface area contributed by atoms with Crippen LogP contribution in [0.2, 0.25) is 0 Å². The molecule has 208 valence electrons. The Morgan fingerprint density at radius 3 is 2.26 bits per heavy atom. The molecule has 1 fully saturated rings. The van der Waals surface area contributed by atoms with E-state index >= 15 is 0 Å². The van der Waals surface area contributed by atoms with Gasteiger partial charge in [0.2, 0.25) is 5.91 Å². The summed E-state index contributed by atoms with van der Waals surface area (Å²) in [5, 5.41) is 25.1. The highest BCUT2D eigenvalue weighted by molar-refractivity contribution is 7.92. The maximum Gasteiger partial charge on any atom is 0.269 e. The lowest BCUT2D eigenvalue weighted by molar-refractivity contribution is -0.384. The van der Waals surface area contributed by atoms with Crippen LogP contribution in [-0.4, -0.2) is 43.0 Å². The molecule has 1 saturated carbocycles. The summed E-state index contributed by atoms with van der Waals surface area (Å²) >= 11 is 0. The van der Waals surface area contributed by atoms with E-state index in [0.29, 0.717) is 11.3 Å². The Morgan fingerprint density at radius 1 is 1.11 bits per heavy atom. The van der Waals surface area contributed by atoms with Crippen LogP contribution in [0.1, 0.15) is 65.4 Å². The smallest absolute Gasteiger partial charge is 0.269 e. The van der Waals surface area contributed by atoms with Crippen LogP contribution >= 0.6 is 0 Å². The molecule has 9 nitrogen and oxygen atoms in total. The second kappa shape index (κ2) is 12.3. The zero-order chi connectivity index (χ0) is 28.1. The molecule has 1 aliphatic rings. The molecule has 2 aromatic rings. The number of carbonyl (C=O) groups is 1. The summed E-state index contributed by atoms with van der Waals surface area (Å²) in [6.45, 7) is 7.78. The molecule has 0 bridgehead atoms. The lowest BCUT2D eigenvalue weighted by Crippen LogP contribution is -2.48. The van der Waals surface area contributed by atoms with Crippen LogP contribution < -0.4 is 9.62 Å². The van der Waals surface area contributed by atoms with Gasteiger partial charge in [0.25, 0.3) is 15.7 Å². The number of rotatable bonds is 12. The number of non-ortho nitro benzene ring substituents is 1. The zero-order valence-corrected chi connectivity index (χ0v) is 23.4. The summed E-state index contributed by atoms with van der Waals surface area (Å²) in [6.07, 6.45) is 3.73. The number of nitro groups is 1. The van der Waals surface area contributed by atoms with E-state index in [1.54, 1.807) is 31.2 Å². The van der Waals surface area contributed by atoms with Crippen molar-refractivity contribution in [2.24, 2.45) is 11.3 Å². The Hall–Kier alpha value is -2.98. The lowest BCUT2D eigenvalue weighted by atomic mass is 9.82.